The summed E-state index contributed by atoms with van der Waals surface area (Å²) in [6.07, 6.45) is 0.670. The van der Waals surface area contributed by atoms with Gasteiger partial charge in [-0.3, -0.25) is 4.79 Å². The zero-order valence-electron chi connectivity index (χ0n) is 11.7. The van der Waals surface area contributed by atoms with Crippen LogP contribution in [0, 0.1) is 5.92 Å². The van der Waals surface area contributed by atoms with Gasteiger partial charge >= 0.3 is 0 Å². The maximum atomic E-state index is 12.2. The van der Waals surface area contributed by atoms with Crippen molar-refractivity contribution in [3.05, 3.63) is 23.9 Å². The van der Waals surface area contributed by atoms with Crippen LogP contribution in [0.4, 0.5) is 8.78 Å². The molecule has 0 bridgehead atoms. The summed E-state index contributed by atoms with van der Waals surface area (Å²) < 4.78 is 34.4. The number of nitrogens with zero attached hydrogens (tertiary/aromatic N) is 1. The van der Waals surface area contributed by atoms with E-state index in [9.17, 15) is 13.6 Å². The van der Waals surface area contributed by atoms with E-state index in [1.165, 1.54) is 12.3 Å². The first-order valence-corrected chi connectivity index (χ1v) is 6.77. The van der Waals surface area contributed by atoms with Crippen LogP contribution < -0.4 is 10.1 Å². The summed E-state index contributed by atoms with van der Waals surface area (Å²) >= 11 is 0. The standard InChI is InChI=1S/C14H18F2N2O3/c1-20-7-9-4-5-11(9)18-13(19)10-3-2-6-17-14(10)21-8-12(15)16/h2-3,6,9,11-12H,4-5,7-8H2,1H3,(H,18,19)/t9-,11-/m1/s1. The number of pyridine rings is 1. The summed E-state index contributed by atoms with van der Waals surface area (Å²) in [4.78, 5) is 16.0. The molecule has 0 unspecified atom stereocenters. The molecule has 2 atom stereocenters. The molecule has 7 heteroatoms. The van der Waals surface area contributed by atoms with Gasteiger partial charge in [0.1, 0.15) is 5.56 Å². The van der Waals surface area contributed by atoms with Crippen molar-refractivity contribution in [2.75, 3.05) is 20.3 Å². The Labute approximate surface area is 121 Å². The molecule has 1 N–H and O–H groups in total. The Hall–Kier alpha value is -1.76. The predicted molar refractivity (Wildman–Crippen MR) is 71.6 cm³/mol. The molecular weight excluding hydrogens is 282 g/mol. The van der Waals surface area contributed by atoms with Crippen LogP contribution in [0.1, 0.15) is 23.2 Å². The van der Waals surface area contributed by atoms with Gasteiger partial charge in [-0.1, -0.05) is 0 Å². The highest BCUT2D eigenvalue weighted by Gasteiger charge is 2.32. The molecule has 0 aromatic carbocycles. The molecule has 1 aliphatic rings. The Balaban J connectivity index is 1.98. The Kier molecular flexibility index (Phi) is 5.44. The lowest BCUT2D eigenvalue weighted by Gasteiger charge is -2.36. The molecule has 1 aliphatic carbocycles. The van der Waals surface area contributed by atoms with Gasteiger partial charge in [-0.15, -0.1) is 0 Å². The highest BCUT2D eigenvalue weighted by Crippen LogP contribution is 2.28. The number of carbonyl (C=O) groups excluding carboxylic acids is 1. The van der Waals surface area contributed by atoms with Crippen molar-refractivity contribution in [2.24, 2.45) is 5.92 Å². The lowest BCUT2D eigenvalue weighted by atomic mass is 9.80. The first kappa shape index (κ1) is 15.6. The number of amides is 1. The van der Waals surface area contributed by atoms with Crippen LogP contribution in [0.2, 0.25) is 0 Å². The van der Waals surface area contributed by atoms with Gasteiger partial charge in [0.15, 0.2) is 6.61 Å². The number of methoxy groups -OCH3 is 1. The first-order valence-electron chi connectivity index (χ1n) is 6.77. The van der Waals surface area contributed by atoms with Crippen LogP contribution in [0.15, 0.2) is 18.3 Å². The van der Waals surface area contributed by atoms with E-state index in [0.29, 0.717) is 12.5 Å². The van der Waals surface area contributed by atoms with E-state index in [4.69, 9.17) is 9.47 Å². The second-order valence-corrected chi connectivity index (χ2v) is 4.93. The van der Waals surface area contributed by atoms with Gasteiger partial charge in [0.25, 0.3) is 12.3 Å². The summed E-state index contributed by atoms with van der Waals surface area (Å²) in [6, 6.07) is 3.12. The third-order valence-electron chi connectivity index (χ3n) is 3.48. The van der Waals surface area contributed by atoms with Gasteiger partial charge in [-0.05, 0) is 25.0 Å². The number of alkyl halides is 2. The van der Waals surface area contributed by atoms with Crippen LogP contribution in [0.3, 0.4) is 0 Å². The number of ether oxygens (including phenoxy) is 2. The van der Waals surface area contributed by atoms with Crippen molar-refractivity contribution < 1.29 is 23.0 Å². The summed E-state index contributed by atoms with van der Waals surface area (Å²) in [5, 5.41) is 2.87. The van der Waals surface area contributed by atoms with Crippen LogP contribution in [-0.2, 0) is 4.74 Å². The summed E-state index contributed by atoms with van der Waals surface area (Å²) in [5.74, 6) is -0.142. The third kappa shape index (κ3) is 4.10. The lowest BCUT2D eigenvalue weighted by Crippen LogP contribution is -2.48. The van der Waals surface area contributed by atoms with Crippen LogP contribution >= 0.6 is 0 Å². The summed E-state index contributed by atoms with van der Waals surface area (Å²) in [7, 11) is 1.62. The topological polar surface area (TPSA) is 60.5 Å². The van der Waals surface area contributed by atoms with E-state index < -0.39 is 13.0 Å². The molecule has 0 aliphatic heterocycles. The fourth-order valence-corrected chi connectivity index (χ4v) is 2.24. The van der Waals surface area contributed by atoms with E-state index in [1.54, 1.807) is 13.2 Å². The molecule has 1 amide bonds. The molecule has 1 aromatic rings. The van der Waals surface area contributed by atoms with Crippen molar-refractivity contribution in [3.8, 4) is 5.88 Å². The third-order valence-corrected chi connectivity index (χ3v) is 3.48. The Morgan fingerprint density at radius 3 is 2.95 bits per heavy atom. The van der Waals surface area contributed by atoms with Gasteiger partial charge in [0.2, 0.25) is 5.88 Å². The van der Waals surface area contributed by atoms with Crippen molar-refractivity contribution in [1.82, 2.24) is 10.3 Å². The highest BCUT2D eigenvalue weighted by atomic mass is 19.3. The second kappa shape index (κ2) is 7.31. The molecule has 21 heavy (non-hydrogen) atoms. The SMILES string of the molecule is COC[C@H]1CC[C@H]1NC(=O)c1cccnc1OCC(F)F. The molecule has 5 nitrogen and oxygen atoms in total. The molecule has 116 valence electrons. The number of rotatable bonds is 7. The van der Waals surface area contributed by atoms with E-state index in [2.05, 4.69) is 10.3 Å². The monoisotopic (exact) mass is 300 g/mol. The molecule has 0 radical (unpaired) electrons. The number of nitrogens with one attached hydrogen (secondary N) is 1. The first-order chi connectivity index (χ1) is 10.1. The van der Waals surface area contributed by atoms with Crippen LogP contribution in [-0.4, -0.2) is 43.7 Å². The minimum absolute atomic E-state index is 0.0422. The van der Waals surface area contributed by atoms with Gasteiger partial charge < -0.3 is 14.8 Å². The average molecular weight is 300 g/mol. The maximum absolute atomic E-state index is 12.2. The Morgan fingerprint density at radius 1 is 1.52 bits per heavy atom. The Bertz CT molecular complexity index is 485. The molecule has 0 saturated heterocycles. The largest absolute Gasteiger partial charge is 0.471 e. The van der Waals surface area contributed by atoms with E-state index in [0.717, 1.165) is 12.8 Å². The summed E-state index contributed by atoms with van der Waals surface area (Å²) in [5.41, 5.74) is 0.168. The van der Waals surface area contributed by atoms with Crippen LogP contribution in [0.5, 0.6) is 5.88 Å². The maximum Gasteiger partial charge on any atom is 0.272 e. The van der Waals surface area contributed by atoms with Crippen molar-refractivity contribution >= 4 is 5.91 Å². The summed E-state index contributed by atoms with van der Waals surface area (Å²) in [6.45, 7) is -0.195. The zero-order chi connectivity index (χ0) is 15.2. The smallest absolute Gasteiger partial charge is 0.272 e. The molecule has 2 rings (SSSR count). The Morgan fingerprint density at radius 2 is 2.33 bits per heavy atom. The normalized spacial score (nSPS) is 21.0. The molecule has 1 fully saturated rings. The van der Waals surface area contributed by atoms with Crippen molar-refractivity contribution in [3.63, 3.8) is 0 Å². The van der Waals surface area contributed by atoms with Crippen molar-refractivity contribution in [2.45, 2.75) is 25.3 Å². The van der Waals surface area contributed by atoms with E-state index in [1.807, 2.05) is 0 Å². The number of carbonyl (C=O) groups is 1. The highest BCUT2D eigenvalue weighted by molar-refractivity contribution is 5.96. The molecule has 1 saturated carbocycles. The van der Waals surface area contributed by atoms with E-state index in [-0.39, 0.29) is 23.4 Å². The number of hydrogen-bond donors (Lipinski definition) is 1. The number of hydrogen-bond acceptors (Lipinski definition) is 4. The average Bonchev–Trinajstić information content (AvgIpc) is 2.47. The number of aromatic nitrogens is 1. The fourth-order valence-electron chi connectivity index (χ4n) is 2.24. The van der Waals surface area contributed by atoms with E-state index >= 15 is 0 Å². The van der Waals surface area contributed by atoms with Gasteiger partial charge in [-0.2, -0.15) is 0 Å². The predicted octanol–water partition coefficient (Wildman–Crippen LogP) is 1.88. The van der Waals surface area contributed by atoms with Crippen molar-refractivity contribution in [1.29, 1.82) is 0 Å². The van der Waals surface area contributed by atoms with Gasteiger partial charge in [0, 0.05) is 25.3 Å². The number of halogens is 2. The fraction of sp³-hybridized carbons (Fsp3) is 0.571. The minimum Gasteiger partial charge on any atom is -0.471 e. The van der Waals surface area contributed by atoms with Gasteiger partial charge in [-0.25, -0.2) is 13.8 Å². The minimum atomic E-state index is -2.61. The molecule has 1 aromatic heterocycles. The molecule has 1 heterocycles. The zero-order valence-corrected chi connectivity index (χ0v) is 11.7. The van der Waals surface area contributed by atoms with Crippen LogP contribution in [0.25, 0.3) is 0 Å². The lowest BCUT2D eigenvalue weighted by molar-refractivity contribution is 0.0652. The quantitative estimate of drug-likeness (QED) is 0.835. The van der Waals surface area contributed by atoms with Gasteiger partial charge in [0.05, 0.1) is 6.61 Å². The second-order valence-electron chi connectivity index (χ2n) is 4.93. The molecular formula is C14H18F2N2O3. The molecule has 0 spiro atoms.